The van der Waals surface area contributed by atoms with Crippen molar-refractivity contribution in [1.82, 2.24) is 0 Å². The van der Waals surface area contributed by atoms with E-state index in [1.54, 1.807) is 0 Å². The molecular formula is C45H88O10. The van der Waals surface area contributed by atoms with Crippen LogP contribution < -0.4 is 0 Å². The SMILES string of the molecule is CCCCCCCCCCCCCCCC(=O)OCC1COCCOCCOCCOCCOC(CCCCCCCCCCCC)COCCOCCO1. The molecule has 0 saturated carbocycles. The standard InChI is InChI=1S/C45H88O10/c1-3-5-7-9-11-13-15-16-17-19-21-23-25-27-45(46)55-42-44-41-52-35-32-48-29-28-47-30-31-49-36-38-53-43(40-51-34-33-50-37-39-54-44)26-24-22-20-18-14-12-10-8-6-4-2/h43-44H,3-42H2,1-2H3. The molecule has 0 N–H and O–H groups in total. The number of carbonyl (C=O) groups excluding carboxylic acids is 1. The molecule has 0 bridgehead atoms. The molecule has 1 heterocycles. The largest absolute Gasteiger partial charge is 0.463 e. The Hall–Kier alpha value is -0.850. The van der Waals surface area contributed by atoms with E-state index in [2.05, 4.69) is 13.8 Å². The summed E-state index contributed by atoms with van der Waals surface area (Å²) in [6, 6.07) is 0. The van der Waals surface area contributed by atoms with Crippen LogP contribution in [0.25, 0.3) is 0 Å². The molecule has 1 aliphatic heterocycles. The van der Waals surface area contributed by atoms with Gasteiger partial charge in [0, 0.05) is 6.42 Å². The summed E-state index contributed by atoms with van der Waals surface area (Å²) in [5.41, 5.74) is 0. The van der Waals surface area contributed by atoms with Crippen LogP contribution in [0, 0.1) is 0 Å². The summed E-state index contributed by atoms with van der Waals surface area (Å²) in [4.78, 5) is 12.5. The van der Waals surface area contributed by atoms with Crippen molar-refractivity contribution in [2.75, 3.05) is 99.1 Å². The molecule has 0 amide bonds. The minimum absolute atomic E-state index is 0.0490. The van der Waals surface area contributed by atoms with Gasteiger partial charge in [0.25, 0.3) is 0 Å². The van der Waals surface area contributed by atoms with Gasteiger partial charge in [0.05, 0.1) is 98.6 Å². The molecule has 55 heavy (non-hydrogen) atoms. The molecule has 10 nitrogen and oxygen atoms in total. The van der Waals surface area contributed by atoms with E-state index in [1.165, 1.54) is 128 Å². The third kappa shape index (κ3) is 39.7. The number of hydrogen-bond acceptors (Lipinski definition) is 10. The van der Waals surface area contributed by atoms with E-state index in [9.17, 15) is 4.79 Å². The van der Waals surface area contributed by atoms with Gasteiger partial charge >= 0.3 is 5.97 Å². The molecule has 1 aliphatic rings. The molecule has 1 fully saturated rings. The van der Waals surface area contributed by atoms with E-state index < -0.39 is 0 Å². The second kappa shape index (κ2) is 44.3. The monoisotopic (exact) mass is 789 g/mol. The fourth-order valence-electron chi connectivity index (χ4n) is 6.62. The van der Waals surface area contributed by atoms with Crippen LogP contribution in [0.4, 0.5) is 0 Å². The summed E-state index contributed by atoms with van der Waals surface area (Å²) in [5, 5.41) is 0. The minimum atomic E-state index is -0.368. The molecule has 2 atom stereocenters. The van der Waals surface area contributed by atoms with Crippen molar-refractivity contribution in [2.24, 2.45) is 0 Å². The lowest BCUT2D eigenvalue weighted by Gasteiger charge is -2.19. The van der Waals surface area contributed by atoms with E-state index in [1.807, 2.05) is 0 Å². The molecule has 2 unspecified atom stereocenters. The zero-order valence-corrected chi connectivity index (χ0v) is 36.0. The van der Waals surface area contributed by atoms with E-state index in [0.29, 0.717) is 98.9 Å². The van der Waals surface area contributed by atoms with Gasteiger partial charge in [0.1, 0.15) is 12.7 Å². The van der Waals surface area contributed by atoms with Crippen LogP contribution in [0.5, 0.6) is 0 Å². The number of hydrogen-bond donors (Lipinski definition) is 0. The Morgan fingerprint density at radius 2 is 0.727 bits per heavy atom. The highest BCUT2D eigenvalue weighted by molar-refractivity contribution is 5.69. The van der Waals surface area contributed by atoms with Crippen LogP contribution >= 0.6 is 0 Å². The molecule has 328 valence electrons. The topological polar surface area (TPSA) is 100 Å². The highest BCUT2D eigenvalue weighted by Gasteiger charge is 2.14. The third-order valence-corrected chi connectivity index (χ3v) is 10.1. The Balaban J connectivity index is 2.30. The maximum absolute atomic E-state index is 12.5. The summed E-state index contributed by atoms with van der Waals surface area (Å²) in [7, 11) is 0. The van der Waals surface area contributed by atoms with Gasteiger partial charge < -0.3 is 42.6 Å². The predicted molar refractivity (Wildman–Crippen MR) is 222 cm³/mol. The zero-order chi connectivity index (χ0) is 39.4. The Kier molecular flexibility index (Phi) is 42.0. The van der Waals surface area contributed by atoms with Crippen LogP contribution in [-0.2, 0) is 47.4 Å². The van der Waals surface area contributed by atoms with Crippen molar-refractivity contribution in [3.8, 4) is 0 Å². The molecule has 0 aliphatic carbocycles. The van der Waals surface area contributed by atoms with Gasteiger partial charge in [-0.2, -0.15) is 0 Å². The number of carbonyl (C=O) groups is 1. The second-order valence-electron chi connectivity index (χ2n) is 15.2. The van der Waals surface area contributed by atoms with Gasteiger partial charge in [-0.1, -0.05) is 155 Å². The average molecular weight is 789 g/mol. The average Bonchev–Trinajstić information content (AvgIpc) is 3.19. The van der Waals surface area contributed by atoms with Crippen molar-refractivity contribution in [3.05, 3.63) is 0 Å². The highest BCUT2D eigenvalue weighted by Crippen LogP contribution is 2.15. The van der Waals surface area contributed by atoms with Crippen molar-refractivity contribution < 1.29 is 47.4 Å². The quantitative estimate of drug-likeness (QED) is 0.0591. The van der Waals surface area contributed by atoms with E-state index in [4.69, 9.17) is 42.6 Å². The van der Waals surface area contributed by atoms with Crippen molar-refractivity contribution in [2.45, 2.75) is 187 Å². The minimum Gasteiger partial charge on any atom is -0.463 e. The molecule has 10 heteroatoms. The number of unbranched alkanes of at least 4 members (excludes halogenated alkanes) is 21. The molecule has 0 aromatic rings. The van der Waals surface area contributed by atoms with Crippen LogP contribution in [0.1, 0.15) is 174 Å². The smallest absolute Gasteiger partial charge is 0.305 e. The first-order valence-corrected chi connectivity index (χ1v) is 23.1. The van der Waals surface area contributed by atoms with Gasteiger partial charge in [-0.3, -0.25) is 4.79 Å². The fraction of sp³-hybridized carbons (Fsp3) is 0.978. The lowest BCUT2D eigenvalue weighted by molar-refractivity contribution is -0.150. The lowest BCUT2D eigenvalue weighted by atomic mass is 10.0. The summed E-state index contributed by atoms with van der Waals surface area (Å²) in [5.74, 6) is -0.172. The molecular weight excluding hydrogens is 700 g/mol. The zero-order valence-electron chi connectivity index (χ0n) is 36.0. The van der Waals surface area contributed by atoms with Crippen LogP contribution in [0.2, 0.25) is 0 Å². The number of rotatable bonds is 27. The van der Waals surface area contributed by atoms with Crippen LogP contribution in [-0.4, -0.2) is 117 Å². The van der Waals surface area contributed by atoms with Gasteiger partial charge in [-0.05, 0) is 12.8 Å². The van der Waals surface area contributed by atoms with Crippen LogP contribution in [0.15, 0.2) is 0 Å². The van der Waals surface area contributed by atoms with E-state index in [0.717, 1.165) is 25.7 Å². The van der Waals surface area contributed by atoms with Crippen LogP contribution in [0.3, 0.4) is 0 Å². The maximum Gasteiger partial charge on any atom is 0.305 e. The second-order valence-corrected chi connectivity index (χ2v) is 15.2. The number of esters is 1. The van der Waals surface area contributed by atoms with Gasteiger partial charge in [-0.15, -0.1) is 0 Å². The normalized spacial score (nSPS) is 19.8. The van der Waals surface area contributed by atoms with Crippen molar-refractivity contribution in [3.63, 3.8) is 0 Å². The molecule has 0 aromatic carbocycles. The Morgan fingerprint density at radius 3 is 1.16 bits per heavy atom. The van der Waals surface area contributed by atoms with E-state index >= 15 is 0 Å². The summed E-state index contributed by atoms with van der Waals surface area (Å²) in [6.07, 6.45) is 30.9. The Labute approximate surface area is 338 Å². The Morgan fingerprint density at radius 1 is 0.400 bits per heavy atom. The van der Waals surface area contributed by atoms with Crippen molar-refractivity contribution in [1.29, 1.82) is 0 Å². The first-order valence-electron chi connectivity index (χ1n) is 23.1. The lowest BCUT2D eigenvalue weighted by Crippen LogP contribution is -2.29. The van der Waals surface area contributed by atoms with E-state index in [-0.39, 0.29) is 24.8 Å². The molecule has 0 spiro atoms. The first kappa shape index (κ1) is 52.2. The van der Waals surface area contributed by atoms with Crippen molar-refractivity contribution >= 4 is 5.97 Å². The third-order valence-electron chi connectivity index (χ3n) is 10.1. The summed E-state index contributed by atoms with van der Waals surface area (Å²) < 4.78 is 52.3. The molecule has 0 aromatic heterocycles. The van der Waals surface area contributed by atoms with Gasteiger partial charge in [0.2, 0.25) is 0 Å². The highest BCUT2D eigenvalue weighted by atomic mass is 16.6. The number of ether oxygens (including phenoxy) is 9. The fourth-order valence-corrected chi connectivity index (χ4v) is 6.62. The maximum atomic E-state index is 12.5. The van der Waals surface area contributed by atoms with Gasteiger partial charge in [-0.25, -0.2) is 0 Å². The molecule has 1 saturated heterocycles. The molecule has 1 rings (SSSR count). The summed E-state index contributed by atoms with van der Waals surface area (Å²) >= 11 is 0. The predicted octanol–water partition coefficient (Wildman–Crippen LogP) is 10.2. The summed E-state index contributed by atoms with van der Waals surface area (Å²) in [6.45, 7) is 11.3. The first-order chi connectivity index (χ1) is 27.3. The molecule has 0 radical (unpaired) electrons. The van der Waals surface area contributed by atoms with Gasteiger partial charge in [0.15, 0.2) is 0 Å². The Bertz CT molecular complexity index is 755.